The average Bonchev–Trinajstić information content (AvgIpc) is 2.46. The zero-order chi connectivity index (χ0) is 17.2. The van der Waals surface area contributed by atoms with Crippen LogP contribution in [0.1, 0.15) is 66.7 Å². The fourth-order valence-electron chi connectivity index (χ4n) is 3.36. The highest BCUT2D eigenvalue weighted by Crippen LogP contribution is 2.46. The Bertz CT molecular complexity index is 570. The van der Waals surface area contributed by atoms with Crippen LogP contribution in [0.2, 0.25) is 0 Å². The molecule has 0 fully saturated rings. The summed E-state index contributed by atoms with van der Waals surface area (Å²) in [7, 11) is 0. The minimum absolute atomic E-state index is 0.0104. The van der Waals surface area contributed by atoms with Crippen LogP contribution in [0.15, 0.2) is 23.8 Å². The van der Waals surface area contributed by atoms with Crippen molar-refractivity contribution >= 4 is 0 Å². The Balaban J connectivity index is 2.50. The van der Waals surface area contributed by atoms with Crippen LogP contribution in [0.25, 0.3) is 0 Å². The van der Waals surface area contributed by atoms with Gasteiger partial charge in [0.25, 0.3) is 0 Å². The third-order valence-electron chi connectivity index (χ3n) is 4.45. The van der Waals surface area contributed by atoms with Gasteiger partial charge in [0, 0.05) is 14.2 Å². The second-order valence-electron chi connectivity index (χ2n) is 6.33. The monoisotopic (exact) mass is 292 g/mol. The van der Waals surface area contributed by atoms with Crippen molar-refractivity contribution in [2.75, 3.05) is 0 Å². The minimum Gasteiger partial charge on any atom is -0.507 e. The number of aromatic hydroxyl groups is 2. The zero-order valence-electron chi connectivity index (χ0n) is 15.3. The number of phenolic OH excluding ortho intramolecular Hbond substituents is 2. The van der Waals surface area contributed by atoms with Crippen LogP contribution in [0, 0.1) is 11.8 Å². The Morgan fingerprint density at radius 3 is 2.62 bits per heavy atom. The van der Waals surface area contributed by atoms with Crippen LogP contribution in [0.5, 0.6) is 11.5 Å². The van der Waals surface area contributed by atoms with E-state index in [1.807, 2.05) is 6.92 Å². The summed E-state index contributed by atoms with van der Waals surface area (Å²) in [6.07, 6.45) is 5.54. The van der Waals surface area contributed by atoms with Crippen LogP contribution >= 0.6 is 0 Å². The highest BCUT2D eigenvalue weighted by Gasteiger charge is 2.31. The van der Waals surface area contributed by atoms with E-state index in [9.17, 15) is 10.2 Å². The van der Waals surface area contributed by atoms with E-state index in [4.69, 9.17) is 2.74 Å². The predicted octanol–water partition coefficient (Wildman–Crippen LogP) is 5.15. The number of hydrogen-bond donors (Lipinski definition) is 2. The number of phenols is 2. The van der Waals surface area contributed by atoms with E-state index in [1.165, 1.54) is 5.57 Å². The third kappa shape index (κ3) is 3.42. The topological polar surface area (TPSA) is 40.5 Å². The molecule has 0 saturated heterocycles. The first-order valence-electron chi connectivity index (χ1n) is 9.02. The molecule has 1 aromatic rings. The molecule has 0 radical (unpaired) electrons. The summed E-state index contributed by atoms with van der Waals surface area (Å²) >= 11 is 0. The first-order valence-corrected chi connectivity index (χ1v) is 7.81. The number of rotatable bonds is 4. The third-order valence-corrected chi connectivity index (χ3v) is 4.45. The normalized spacial score (nSPS) is 26.5. The maximum Gasteiger partial charge on any atom is 0.123 e. The molecular formula is C19H28O2. The first-order chi connectivity index (χ1) is 10.8. The number of benzene rings is 1. The van der Waals surface area contributed by atoms with Crippen molar-refractivity contribution in [2.24, 2.45) is 11.8 Å². The summed E-state index contributed by atoms with van der Waals surface area (Å²) in [6, 6.07) is 3.46. The summed E-state index contributed by atoms with van der Waals surface area (Å²) in [5, 5.41) is 21.0. The lowest BCUT2D eigenvalue weighted by Crippen LogP contribution is -2.21. The fourth-order valence-corrected chi connectivity index (χ4v) is 3.36. The van der Waals surface area contributed by atoms with Gasteiger partial charge in [0.1, 0.15) is 11.5 Å². The van der Waals surface area contributed by atoms with Crippen molar-refractivity contribution in [3.63, 3.8) is 0 Å². The second-order valence-corrected chi connectivity index (χ2v) is 6.33. The second kappa shape index (κ2) is 6.55. The van der Waals surface area contributed by atoms with E-state index in [0.29, 0.717) is 5.56 Å². The van der Waals surface area contributed by atoms with Crippen molar-refractivity contribution in [3.8, 4) is 11.5 Å². The Labute approximate surface area is 131 Å². The van der Waals surface area contributed by atoms with Crippen LogP contribution in [0.4, 0.5) is 0 Å². The van der Waals surface area contributed by atoms with E-state index in [2.05, 4.69) is 13.0 Å². The van der Waals surface area contributed by atoms with Gasteiger partial charge in [0.15, 0.2) is 0 Å². The van der Waals surface area contributed by atoms with Gasteiger partial charge in [0.05, 0.1) is 0 Å². The molecule has 0 amide bonds. The molecule has 2 heteroatoms. The summed E-state index contributed by atoms with van der Waals surface area (Å²) in [6.45, 7) is 5.90. The molecule has 2 nitrogen and oxygen atoms in total. The Morgan fingerprint density at radius 2 is 2.05 bits per heavy atom. The summed E-state index contributed by atoms with van der Waals surface area (Å²) in [5.74, 6) is -0.988. The molecule has 0 spiro atoms. The molecule has 21 heavy (non-hydrogen) atoms. The highest BCUT2D eigenvalue weighted by molar-refractivity contribution is 5.51. The fraction of sp³-hybridized carbons (Fsp3) is 0.579. The number of hydrogen-bond acceptors (Lipinski definition) is 2. The summed E-state index contributed by atoms with van der Waals surface area (Å²) in [5.41, 5.74) is 2.65. The van der Waals surface area contributed by atoms with Gasteiger partial charge in [-0.15, -0.1) is 0 Å². The van der Waals surface area contributed by atoms with E-state index < -0.39 is 5.89 Å². The summed E-state index contributed by atoms with van der Waals surface area (Å²) in [4.78, 5) is 0. The molecule has 2 rings (SSSR count). The predicted molar refractivity (Wildman–Crippen MR) is 87.8 cm³/mol. The van der Waals surface area contributed by atoms with Gasteiger partial charge in [0.2, 0.25) is 0 Å². The Hall–Kier alpha value is -1.44. The van der Waals surface area contributed by atoms with E-state index in [-0.39, 0.29) is 30.2 Å². The van der Waals surface area contributed by atoms with E-state index in [1.54, 1.807) is 19.1 Å². The molecule has 2 N–H and O–H groups in total. The molecule has 3 atom stereocenters. The van der Waals surface area contributed by atoms with Crippen molar-refractivity contribution in [2.45, 2.75) is 59.3 Å². The maximum absolute atomic E-state index is 10.5. The van der Waals surface area contributed by atoms with E-state index >= 15 is 0 Å². The van der Waals surface area contributed by atoms with Gasteiger partial charge in [-0.3, -0.25) is 0 Å². The number of aryl methyl sites for hydroxylation is 1. The molecule has 0 heterocycles. The minimum atomic E-state index is -0.900. The molecule has 1 aliphatic carbocycles. The molecule has 0 saturated carbocycles. The van der Waals surface area contributed by atoms with Gasteiger partial charge in [-0.05, 0) is 55.7 Å². The van der Waals surface area contributed by atoms with Gasteiger partial charge in [-0.1, -0.05) is 38.8 Å². The van der Waals surface area contributed by atoms with Gasteiger partial charge < -0.3 is 10.2 Å². The Kier molecular flexibility index (Phi) is 4.13. The summed E-state index contributed by atoms with van der Waals surface area (Å²) < 4.78 is 16.2. The molecule has 1 aliphatic rings. The van der Waals surface area contributed by atoms with Crippen molar-refractivity contribution in [3.05, 3.63) is 34.9 Å². The zero-order valence-corrected chi connectivity index (χ0v) is 13.3. The van der Waals surface area contributed by atoms with Gasteiger partial charge in [-0.2, -0.15) is 0 Å². The van der Waals surface area contributed by atoms with E-state index in [0.717, 1.165) is 31.2 Å². The first kappa shape index (κ1) is 13.2. The largest absolute Gasteiger partial charge is 0.507 e. The van der Waals surface area contributed by atoms with Crippen LogP contribution in [0.3, 0.4) is 0 Å². The molecule has 0 bridgehead atoms. The van der Waals surface area contributed by atoms with Crippen molar-refractivity contribution in [1.82, 2.24) is 0 Å². The van der Waals surface area contributed by atoms with Crippen LogP contribution < -0.4 is 0 Å². The molecule has 1 unspecified atom stereocenters. The molecule has 1 aromatic carbocycles. The average molecular weight is 292 g/mol. The molecular weight excluding hydrogens is 260 g/mol. The van der Waals surface area contributed by atoms with Gasteiger partial charge in [-0.25, -0.2) is 0 Å². The molecule has 116 valence electrons. The lowest BCUT2D eigenvalue weighted by molar-refractivity contribution is 0.304. The standard InChI is InChI=1S/C19H28O2/c1-5-6-14-10-17(20)19(18(21)11-14)16-9-13(4)7-8-15(16)12(2)3/h9-12,15-16,20-21H,5-8H2,1-4H3/t15-,16+/m0/s1/i2T,12T/t12?,15-,16+. The van der Waals surface area contributed by atoms with Crippen LogP contribution in [-0.2, 0) is 6.42 Å². The van der Waals surface area contributed by atoms with Gasteiger partial charge >= 0.3 is 0 Å². The van der Waals surface area contributed by atoms with Crippen molar-refractivity contribution in [1.29, 1.82) is 0 Å². The lowest BCUT2D eigenvalue weighted by atomic mass is 9.71. The van der Waals surface area contributed by atoms with Crippen LogP contribution in [-0.4, -0.2) is 10.2 Å². The van der Waals surface area contributed by atoms with Crippen molar-refractivity contribution < 1.29 is 13.0 Å². The lowest BCUT2D eigenvalue weighted by Gasteiger charge is -2.33. The maximum atomic E-state index is 10.5. The smallest absolute Gasteiger partial charge is 0.123 e. The molecule has 0 aromatic heterocycles. The Morgan fingerprint density at radius 1 is 1.38 bits per heavy atom. The SMILES string of the molecule is [3H]CC([3H])(C)[C@@H]1CCC(C)=C[C@H]1c1c(O)cc(CCC)cc1O. The quantitative estimate of drug-likeness (QED) is 0.754. The highest BCUT2D eigenvalue weighted by atomic mass is 16.3. The molecule has 0 aliphatic heterocycles. The number of allylic oxidation sites excluding steroid dienone is 2.